The Kier molecular flexibility index (Phi) is 4.16. The first-order valence-corrected chi connectivity index (χ1v) is 8.92. The minimum absolute atomic E-state index is 0.00758. The fourth-order valence-electron chi connectivity index (χ4n) is 2.98. The van der Waals surface area contributed by atoms with E-state index in [1.54, 1.807) is 62.7 Å². The molecular formula is C20H15NO5S. The highest BCUT2D eigenvalue weighted by molar-refractivity contribution is 7.99. The summed E-state index contributed by atoms with van der Waals surface area (Å²) < 4.78 is 12.0. The SMILES string of the molecule is COc1ccc(Sc2c(O)c3c(=O)n(C)c4ccccc4c3oc2=O)cc1. The number of benzene rings is 2. The van der Waals surface area contributed by atoms with Crippen molar-refractivity contribution < 1.29 is 14.3 Å². The van der Waals surface area contributed by atoms with Gasteiger partial charge in [0, 0.05) is 17.3 Å². The van der Waals surface area contributed by atoms with Crippen molar-refractivity contribution in [3.63, 3.8) is 0 Å². The van der Waals surface area contributed by atoms with Crippen molar-refractivity contribution >= 4 is 33.6 Å². The first kappa shape index (κ1) is 17.2. The van der Waals surface area contributed by atoms with E-state index in [-0.39, 0.29) is 21.6 Å². The molecule has 4 aromatic rings. The lowest BCUT2D eigenvalue weighted by Crippen LogP contribution is -2.19. The fraction of sp³-hybridized carbons (Fsp3) is 0.100. The van der Waals surface area contributed by atoms with Crippen LogP contribution in [0.1, 0.15) is 0 Å². The number of hydrogen-bond acceptors (Lipinski definition) is 6. The number of rotatable bonds is 3. The number of fused-ring (bicyclic) bond motifs is 3. The van der Waals surface area contributed by atoms with Crippen molar-refractivity contribution in [1.29, 1.82) is 0 Å². The lowest BCUT2D eigenvalue weighted by Gasteiger charge is -2.11. The van der Waals surface area contributed by atoms with Crippen molar-refractivity contribution in [2.45, 2.75) is 9.79 Å². The van der Waals surface area contributed by atoms with Gasteiger partial charge in [-0.1, -0.05) is 23.9 Å². The Morgan fingerprint density at radius 2 is 1.78 bits per heavy atom. The summed E-state index contributed by atoms with van der Waals surface area (Å²) in [5.74, 6) is 0.308. The molecule has 0 unspecified atom stereocenters. The van der Waals surface area contributed by atoms with Crippen molar-refractivity contribution in [2.75, 3.05) is 7.11 Å². The topological polar surface area (TPSA) is 81.7 Å². The second-order valence-electron chi connectivity index (χ2n) is 5.93. The molecule has 0 saturated carbocycles. The third-order valence-electron chi connectivity index (χ3n) is 4.37. The number of nitrogens with zero attached hydrogens (tertiary/aromatic N) is 1. The summed E-state index contributed by atoms with van der Waals surface area (Å²) in [5, 5.41) is 11.3. The molecule has 0 aliphatic rings. The van der Waals surface area contributed by atoms with Gasteiger partial charge in [0.15, 0.2) is 11.3 Å². The van der Waals surface area contributed by atoms with Crippen LogP contribution in [0, 0.1) is 0 Å². The van der Waals surface area contributed by atoms with Crippen LogP contribution in [0.2, 0.25) is 0 Å². The molecule has 0 spiro atoms. The molecule has 2 aromatic carbocycles. The maximum absolute atomic E-state index is 12.8. The number of pyridine rings is 1. The molecule has 0 fully saturated rings. The van der Waals surface area contributed by atoms with Crippen LogP contribution >= 0.6 is 11.8 Å². The van der Waals surface area contributed by atoms with Crippen LogP contribution < -0.4 is 15.9 Å². The van der Waals surface area contributed by atoms with E-state index in [0.29, 0.717) is 21.5 Å². The molecule has 6 nitrogen and oxygen atoms in total. The van der Waals surface area contributed by atoms with E-state index < -0.39 is 11.2 Å². The van der Waals surface area contributed by atoms with Crippen LogP contribution in [-0.2, 0) is 7.05 Å². The van der Waals surface area contributed by atoms with E-state index in [4.69, 9.17) is 9.15 Å². The second kappa shape index (κ2) is 6.51. The molecule has 0 saturated heterocycles. The highest BCUT2D eigenvalue weighted by Gasteiger charge is 2.21. The summed E-state index contributed by atoms with van der Waals surface area (Å²) in [7, 11) is 3.18. The van der Waals surface area contributed by atoms with Gasteiger partial charge in [0.1, 0.15) is 16.0 Å². The van der Waals surface area contributed by atoms with Crippen molar-refractivity contribution in [2.24, 2.45) is 7.05 Å². The van der Waals surface area contributed by atoms with Crippen LogP contribution in [0.4, 0.5) is 0 Å². The van der Waals surface area contributed by atoms with Gasteiger partial charge in [-0.05, 0) is 36.4 Å². The monoisotopic (exact) mass is 381 g/mol. The molecule has 0 bridgehead atoms. The Balaban J connectivity index is 1.98. The highest BCUT2D eigenvalue weighted by atomic mass is 32.2. The minimum Gasteiger partial charge on any atom is -0.505 e. The lowest BCUT2D eigenvalue weighted by molar-refractivity contribution is 0.414. The molecule has 2 aromatic heterocycles. The molecule has 0 atom stereocenters. The summed E-state index contributed by atoms with van der Waals surface area (Å²) in [6.07, 6.45) is 0. The van der Waals surface area contributed by atoms with E-state index in [9.17, 15) is 14.7 Å². The molecule has 0 radical (unpaired) electrons. The van der Waals surface area contributed by atoms with E-state index >= 15 is 0 Å². The molecule has 2 heterocycles. The molecular weight excluding hydrogens is 366 g/mol. The molecule has 136 valence electrons. The maximum Gasteiger partial charge on any atom is 0.354 e. The maximum atomic E-state index is 12.8. The number of hydrogen-bond donors (Lipinski definition) is 1. The Hall–Kier alpha value is -3.19. The first-order chi connectivity index (χ1) is 13.0. The van der Waals surface area contributed by atoms with Gasteiger partial charge >= 0.3 is 5.63 Å². The van der Waals surface area contributed by atoms with E-state index in [2.05, 4.69) is 0 Å². The van der Waals surface area contributed by atoms with Gasteiger partial charge in [-0.25, -0.2) is 4.79 Å². The number of aromatic nitrogens is 1. The van der Waals surface area contributed by atoms with Gasteiger partial charge in [0.05, 0.1) is 12.6 Å². The second-order valence-corrected chi connectivity index (χ2v) is 7.01. The Morgan fingerprint density at radius 3 is 2.48 bits per heavy atom. The van der Waals surface area contributed by atoms with Crippen LogP contribution in [0.25, 0.3) is 21.9 Å². The first-order valence-electron chi connectivity index (χ1n) is 8.10. The number of aromatic hydroxyl groups is 1. The number of methoxy groups -OCH3 is 1. The summed E-state index contributed by atoms with van der Waals surface area (Å²) >= 11 is 1.03. The number of para-hydroxylation sites is 1. The predicted molar refractivity (Wildman–Crippen MR) is 104 cm³/mol. The van der Waals surface area contributed by atoms with Crippen molar-refractivity contribution in [1.82, 2.24) is 4.57 Å². The number of ether oxygens (including phenoxy) is 1. The van der Waals surface area contributed by atoms with Crippen LogP contribution in [-0.4, -0.2) is 16.8 Å². The molecule has 0 amide bonds. The normalized spacial score (nSPS) is 11.2. The zero-order valence-electron chi connectivity index (χ0n) is 14.6. The van der Waals surface area contributed by atoms with E-state index in [0.717, 1.165) is 11.8 Å². The average Bonchev–Trinajstić information content (AvgIpc) is 2.69. The third-order valence-corrected chi connectivity index (χ3v) is 5.44. The van der Waals surface area contributed by atoms with Crippen molar-refractivity contribution in [3.8, 4) is 11.5 Å². The van der Waals surface area contributed by atoms with Gasteiger partial charge in [-0.15, -0.1) is 0 Å². The predicted octanol–water partition coefficient (Wildman–Crippen LogP) is 3.51. The fourth-order valence-corrected chi connectivity index (χ4v) is 3.81. The summed E-state index contributed by atoms with van der Waals surface area (Å²) in [6, 6.07) is 14.1. The van der Waals surface area contributed by atoms with Crippen LogP contribution in [0.3, 0.4) is 0 Å². The zero-order valence-corrected chi connectivity index (χ0v) is 15.4. The van der Waals surface area contributed by atoms with E-state index in [1.165, 1.54) is 4.57 Å². The minimum atomic E-state index is -0.695. The smallest absolute Gasteiger partial charge is 0.354 e. The molecule has 1 N–H and O–H groups in total. The zero-order chi connectivity index (χ0) is 19.1. The van der Waals surface area contributed by atoms with Crippen molar-refractivity contribution in [3.05, 3.63) is 69.3 Å². The van der Waals surface area contributed by atoms with Crippen LogP contribution in [0.15, 0.2) is 72.3 Å². The van der Waals surface area contributed by atoms with Gasteiger partial charge < -0.3 is 18.8 Å². The third kappa shape index (κ3) is 2.76. The number of aryl methyl sites for hydroxylation is 1. The Labute approximate surface area is 157 Å². The van der Waals surface area contributed by atoms with Crippen LogP contribution in [0.5, 0.6) is 11.5 Å². The van der Waals surface area contributed by atoms with Gasteiger partial charge in [-0.3, -0.25) is 4.79 Å². The Bertz CT molecular complexity index is 1290. The largest absolute Gasteiger partial charge is 0.505 e. The molecule has 0 aliphatic heterocycles. The molecule has 0 aliphatic carbocycles. The molecule has 27 heavy (non-hydrogen) atoms. The van der Waals surface area contributed by atoms with E-state index in [1.807, 2.05) is 0 Å². The summed E-state index contributed by atoms with van der Waals surface area (Å²) in [6.45, 7) is 0. The van der Waals surface area contributed by atoms with Gasteiger partial charge in [0.25, 0.3) is 5.56 Å². The molecule has 7 heteroatoms. The standard InChI is InChI=1S/C20H15NO5S/c1-21-14-6-4-3-5-13(14)17-15(19(21)23)16(22)18(20(24)26-17)27-12-9-7-11(25-2)8-10-12/h3-10,22H,1-2H3. The molecule has 4 rings (SSSR count). The summed E-state index contributed by atoms with van der Waals surface area (Å²) in [5.41, 5.74) is -0.413. The highest BCUT2D eigenvalue weighted by Crippen LogP contribution is 2.37. The average molecular weight is 381 g/mol. The summed E-state index contributed by atoms with van der Waals surface area (Å²) in [4.78, 5) is 26.0. The Morgan fingerprint density at radius 1 is 1.07 bits per heavy atom. The van der Waals surface area contributed by atoms with Gasteiger partial charge in [0.2, 0.25) is 0 Å². The lowest BCUT2D eigenvalue weighted by atomic mass is 10.1. The van der Waals surface area contributed by atoms with Gasteiger partial charge in [-0.2, -0.15) is 0 Å². The quantitative estimate of drug-likeness (QED) is 0.547.